The summed E-state index contributed by atoms with van der Waals surface area (Å²) in [7, 11) is 0. The van der Waals surface area contributed by atoms with Crippen LogP contribution in [0.1, 0.15) is 44.6 Å². The molecule has 0 bridgehead atoms. The molecule has 3 N–H and O–H groups in total. The molecule has 2 atom stereocenters. The third kappa shape index (κ3) is 3.15. The lowest BCUT2D eigenvalue weighted by Gasteiger charge is -2.30. The first-order valence-electron chi connectivity index (χ1n) is 6.81. The van der Waals surface area contributed by atoms with Crippen LogP contribution in [0, 0.1) is 12.8 Å². The predicted octanol–water partition coefficient (Wildman–Crippen LogP) is 3.96. The minimum atomic E-state index is 0.634. The van der Waals surface area contributed by atoms with Crippen molar-refractivity contribution in [2.24, 2.45) is 5.92 Å². The molecule has 17 heavy (non-hydrogen) atoms. The van der Waals surface area contributed by atoms with Crippen LogP contribution in [-0.2, 0) is 0 Å². The van der Waals surface area contributed by atoms with E-state index in [1.807, 2.05) is 6.07 Å². The van der Waals surface area contributed by atoms with Crippen LogP contribution in [0.5, 0.6) is 0 Å². The molecule has 0 aromatic heterocycles. The first kappa shape index (κ1) is 12.3. The van der Waals surface area contributed by atoms with E-state index < -0.39 is 0 Å². The van der Waals surface area contributed by atoms with E-state index in [4.69, 9.17) is 5.73 Å². The Hall–Kier alpha value is -1.18. The summed E-state index contributed by atoms with van der Waals surface area (Å²) in [6, 6.07) is 6.76. The first-order valence-corrected chi connectivity index (χ1v) is 6.81. The minimum absolute atomic E-state index is 0.634. The molecule has 1 saturated carbocycles. The van der Waals surface area contributed by atoms with Crippen molar-refractivity contribution in [3.8, 4) is 0 Å². The Morgan fingerprint density at radius 2 is 2.18 bits per heavy atom. The first-order chi connectivity index (χ1) is 8.19. The fraction of sp³-hybridized carbons (Fsp3) is 0.600. The molecule has 0 saturated heterocycles. The number of hydrogen-bond donors (Lipinski definition) is 2. The van der Waals surface area contributed by atoms with Gasteiger partial charge in [-0.1, -0.05) is 32.3 Å². The second kappa shape index (κ2) is 5.44. The predicted molar refractivity (Wildman–Crippen MR) is 75.3 cm³/mol. The number of aryl methyl sites for hydroxylation is 1. The van der Waals surface area contributed by atoms with Gasteiger partial charge in [-0.25, -0.2) is 0 Å². The van der Waals surface area contributed by atoms with Crippen LogP contribution in [0.25, 0.3) is 0 Å². The van der Waals surface area contributed by atoms with Gasteiger partial charge < -0.3 is 11.1 Å². The fourth-order valence-electron chi connectivity index (χ4n) is 2.81. The van der Waals surface area contributed by atoms with Gasteiger partial charge in [0.25, 0.3) is 0 Å². The van der Waals surface area contributed by atoms with Gasteiger partial charge in [0.1, 0.15) is 0 Å². The molecule has 0 aliphatic heterocycles. The standard InChI is InChI=1S/C15H24N2/c1-3-12-5-4-6-14(9-12)17-15-10-13(16)8-7-11(15)2/h7-8,10,12,14,17H,3-6,9,16H2,1-2H3. The Morgan fingerprint density at radius 1 is 1.35 bits per heavy atom. The van der Waals surface area contributed by atoms with E-state index in [0.717, 1.165) is 11.6 Å². The van der Waals surface area contributed by atoms with Crippen LogP contribution in [0.4, 0.5) is 11.4 Å². The highest BCUT2D eigenvalue weighted by Crippen LogP contribution is 2.29. The lowest BCUT2D eigenvalue weighted by atomic mass is 9.84. The molecular weight excluding hydrogens is 208 g/mol. The normalized spacial score (nSPS) is 24.6. The maximum atomic E-state index is 5.85. The van der Waals surface area contributed by atoms with Gasteiger partial charge in [0.05, 0.1) is 0 Å². The van der Waals surface area contributed by atoms with Gasteiger partial charge >= 0.3 is 0 Å². The summed E-state index contributed by atoms with van der Waals surface area (Å²) < 4.78 is 0. The van der Waals surface area contributed by atoms with E-state index in [9.17, 15) is 0 Å². The monoisotopic (exact) mass is 232 g/mol. The largest absolute Gasteiger partial charge is 0.399 e. The summed E-state index contributed by atoms with van der Waals surface area (Å²) in [6.45, 7) is 4.45. The number of nitrogen functional groups attached to an aromatic ring is 1. The molecular formula is C15H24N2. The van der Waals surface area contributed by atoms with Crippen LogP contribution < -0.4 is 11.1 Å². The molecule has 0 spiro atoms. The molecule has 2 rings (SSSR count). The van der Waals surface area contributed by atoms with Crippen molar-refractivity contribution in [1.82, 2.24) is 0 Å². The molecule has 2 heteroatoms. The number of benzene rings is 1. The van der Waals surface area contributed by atoms with E-state index in [1.54, 1.807) is 0 Å². The number of hydrogen-bond acceptors (Lipinski definition) is 2. The van der Waals surface area contributed by atoms with Crippen molar-refractivity contribution in [3.63, 3.8) is 0 Å². The lowest BCUT2D eigenvalue weighted by molar-refractivity contribution is 0.327. The zero-order valence-corrected chi connectivity index (χ0v) is 11.0. The van der Waals surface area contributed by atoms with Crippen molar-refractivity contribution in [2.75, 3.05) is 11.1 Å². The van der Waals surface area contributed by atoms with Crippen molar-refractivity contribution in [2.45, 2.75) is 52.0 Å². The lowest BCUT2D eigenvalue weighted by Crippen LogP contribution is -2.27. The third-order valence-corrected chi connectivity index (χ3v) is 3.98. The summed E-state index contributed by atoms with van der Waals surface area (Å²) in [5, 5.41) is 3.67. The maximum absolute atomic E-state index is 5.85. The molecule has 0 radical (unpaired) electrons. The van der Waals surface area contributed by atoms with Crippen LogP contribution in [0.15, 0.2) is 18.2 Å². The summed E-state index contributed by atoms with van der Waals surface area (Å²) in [4.78, 5) is 0. The van der Waals surface area contributed by atoms with Gasteiger partial charge in [-0.15, -0.1) is 0 Å². The second-order valence-corrected chi connectivity index (χ2v) is 5.36. The summed E-state index contributed by atoms with van der Waals surface area (Å²) in [5.41, 5.74) is 9.20. The Bertz CT molecular complexity index is 373. The molecule has 2 nitrogen and oxygen atoms in total. The Morgan fingerprint density at radius 3 is 2.94 bits per heavy atom. The SMILES string of the molecule is CCC1CCCC(Nc2cc(N)ccc2C)C1. The molecule has 1 aliphatic rings. The van der Waals surface area contributed by atoms with Gasteiger partial charge in [-0.3, -0.25) is 0 Å². The molecule has 1 aromatic carbocycles. The summed E-state index contributed by atoms with van der Waals surface area (Å²) in [5.74, 6) is 0.905. The van der Waals surface area contributed by atoms with E-state index in [1.165, 1.54) is 43.4 Å². The van der Waals surface area contributed by atoms with Crippen LogP contribution in [-0.4, -0.2) is 6.04 Å². The zero-order valence-electron chi connectivity index (χ0n) is 11.0. The molecule has 0 amide bonds. The molecule has 1 aromatic rings. The van der Waals surface area contributed by atoms with E-state index in [-0.39, 0.29) is 0 Å². The molecule has 94 valence electrons. The van der Waals surface area contributed by atoms with E-state index >= 15 is 0 Å². The van der Waals surface area contributed by atoms with Crippen molar-refractivity contribution < 1.29 is 0 Å². The Balaban J connectivity index is 2.02. The van der Waals surface area contributed by atoms with E-state index in [0.29, 0.717) is 6.04 Å². The number of anilines is 2. The number of rotatable bonds is 3. The topological polar surface area (TPSA) is 38.0 Å². The van der Waals surface area contributed by atoms with Crippen LogP contribution >= 0.6 is 0 Å². The zero-order chi connectivity index (χ0) is 12.3. The summed E-state index contributed by atoms with van der Waals surface area (Å²) >= 11 is 0. The smallest absolute Gasteiger partial charge is 0.0392 e. The second-order valence-electron chi connectivity index (χ2n) is 5.36. The summed E-state index contributed by atoms with van der Waals surface area (Å²) in [6.07, 6.45) is 6.69. The highest BCUT2D eigenvalue weighted by atomic mass is 14.9. The van der Waals surface area contributed by atoms with Crippen molar-refractivity contribution >= 4 is 11.4 Å². The molecule has 2 unspecified atom stereocenters. The average molecular weight is 232 g/mol. The van der Waals surface area contributed by atoms with Gasteiger partial charge in [0.2, 0.25) is 0 Å². The highest BCUT2D eigenvalue weighted by Gasteiger charge is 2.20. The van der Waals surface area contributed by atoms with Gasteiger partial charge in [-0.05, 0) is 43.4 Å². The van der Waals surface area contributed by atoms with Crippen molar-refractivity contribution in [1.29, 1.82) is 0 Å². The van der Waals surface area contributed by atoms with Gasteiger partial charge in [0, 0.05) is 17.4 Å². The van der Waals surface area contributed by atoms with Gasteiger partial charge in [0.15, 0.2) is 0 Å². The van der Waals surface area contributed by atoms with Crippen molar-refractivity contribution in [3.05, 3.63) is 23.8 Å². The highest BCUT2D eigenvalue weighted by molar-refractivity contribution is 5.59. The minimum Gasteiger partial charge on any atom is -0.399 e. The quantitative estimate of drug-likeness (QED) is 0.774. The maximum Gasteiger partial charge on any atom is 0.0392 e. The fourth-order valence-corrected chi connectivity index (χ4v) is 2.81. The van der Waals surface area contributed by atoms with Crippen LogP contribution in [0.2, 0.25) is 0 Å². The Kier molecular flexibility index (Phi) is 3.93. The number of nitrogens with one attached hydrogen (secondary N) is 1. The van der Waals surface area contributed by atoms with Gasteiger partial charge in [-0.2, -0.15) is 0 Å². The van der Waals surface area contributed by atoms with E-state index in [2.05, 4.69) is 31.3 Å². The third-order valence-electron chi connectivity index (χ3n) is 3.98. The number of nitrogens with two attached hydrogens (primary N) is 1. The molecule has 1 aliphatic carbocycles. The molecule has 1 fully saturated rings. The average Bonchev–Trinajstić information content (AvgIpc) is 2.34. The Labute approximate surface area is 105 Å². The molecule has 0 heterocycles. The van der Waals surface area contributed by atoms with Crippen LogP contribution in [0.3, 0.4) is 0 Å².